The molecule has 7 heteroatoms. The normalized spacial score (nSPS) is 14.5. The molecule has 1 aliphatic heterocycles. The van der Waals surface area contributed by atoms with E-state index < -0.39 is 0 Å². The average molecular weight is 297 g/mol. The second-order valence-corrected chi connectivity index (χ2v) is 4.51. The number of nitrogens with one attached hydrogen (secondary N) is 1. The second kappa shape index (κ2) is 13.9. The van der Waals surface area contributed by atoms with E-state index in [1.807, 2.05) is 24.3 Å². The number of hydrogen-bond donors (Lipinski definition) is 6. The molecule has 1 aliphatic rings. The van der Waals surface area contributed by atoms with Gasteiger partial charge in [0.15, 0.2) is 0 Å². The van der Waals surface area contributed by atoms with Crippen LogP contribution in [-0.2, 0) is 13.1 Å². The fourth-order valence-corrected chi connectivity index (χ4v) is 1.78. The highest BCUT2D eigenvalue weighted by Gasteiger charge is 2.04. The lowest BCUT2D eigenvalue weighted by Gasteiger charge is -2.24. The molecule has 0 bridgehead atoms. The van der Waals surface area contributed by atoms with E-state index in [0.29, 0.717) is 19.8 Å². The number of nitrogens with zero attached hydrogens (tertiary/aromatic N) is 1. The molecule has 0 aliphatic carbocycles. The maximum absolute atomic E-state index is 5.43. The van der Waals surface area contributed by atoms with Gasteiger partial charge < -0.3 is 34.0 Å². The zero-order valence-corrected chi connectivity index (χ0v) is 12.8. The Bertz CT molecular complexity index is 321. The summed E-state index contributed by atoms with van der Waals surface area (Å²) in [6.07, 6.45) is 0. The summed E-state index contributed by atoms with van der Waals surface area (Å²) in [6.45, 7) is 6.55. The van der Waals surface area contributed by atoms with Crippen LogP contribution in [0.5, 0.6) is 0 Å². The molecule has 11 N–H and O–H groups in total. The van der Waals surface area contributed by atoms with Gasteiger partial charge in [-0.3, -0.25) is 4.90 Å². The molecular formula is C14H31N7. The SMILES string of the molecule is NCN.NCN1CCNCC1.NCc1cccc(CN)c1. The summed E-state index contributed by atoms with van der Waals surface area (Å²) in [5, 5.41) is 3.25. The number of piperazine rings is 1. The Morgan fingerprint density at radius 3 is 1.71 bits per heavy atom. The van der Waals surface area contributed by atoms with Crippen molar-refractivity contribution in [3.63, 3.8) is 0 Å². The molecule has 0 atom stereocenters. The van der Waals surface area contributed by atoms with E-state index in [-0.39, 0.29) is 6.67 Å². The summed E-state index contributed by atoms with van der Waals surface area (Å²) in [6, 6.07) is 8.00. The van der Waals surface area contributed by atoms with Crippen LogP contribution >= 0.6 is 0 Å². The monoisotopic (exact) mass is 297 g/mol. The van der Waals surface area contributed by atoms with Crippen LogP contribution in [-0.4, -0.2) is 44.4 Å². The van der Waals surface area contributed by atoms with Gasteiger partial charge in [-0.1, -0.05) is 24.3 Å². The van der Waals surface area contributed by atoms with Gasteiger partial charge in [-0.15, -0.1) is 0 Å². The lowest BCUT2D eigenvalue weighted by Crippen LogP contribution is -2.45. The van der Waals surface area contributed by atoms with Crippen molar-refractivity contribution in [3.05, 3.63) is 35.4 Å². The van der Waals surface area contributed by atoms with Crippen molar-refractivity contribution < 1.29 is 0 Å². The van der Waals surface area contributed by atoms with Gasteiger partial charge in [-0.05, 0) is 11.1 Å². The summed E-state index contributed by atoms with van der Waals surface area (Å²) in [5.74, 6) is 0. The Balaban J connectivity index is 0.000000327. The minimum absolute atomic E-state index is 0.250. The van der Waals surface area contributed by atoms with Crippen LogP contribution in [0.3, 0.4) is 0 Å². The van der Waals surface area contributed by atoms with E-state index in [0.717, 1.165) is 37.3 Å². The van der Waals surface area contributed by atoms with Crippen molar-refractivity contribution in [2.24, 2.45) is 28.7 Å². The number of nitrogens with two attached hydrogens (primary N) is 5. The highest BCUT2D eigenvalue weighted by atomic mass is 15.2. The van der Waals surface area contributed by atoms with Crippen molar-refractivity contribution in [3.8, 4) is 0 Å². The van der Waals surface area contributed by atoms with Crippen LogP contribution in [0.1, 0.15) is 11.1 Å². The van der Waals surface area contributed by atoms with Gasteiger partial charge in [-0.25, -0.2) is 0 Å². The third-order valence-electron chi connectivity index (χ3n) is 2.93. The maximum atomic E-state index is 5.43. The minimum Gasteiger partial charge on any atom is -0.326 e. The van der Waals surface area contributed by atoms with Crippen molar-refractivity contribution in [2.75, 3.05) is 39.5 Å². The summed E-state index contributed by atoms with van der Waals surface area (Å²) >= 11 is 0. The van der Waals surface area contributed by atoms with E-state index in [1.165, 1.54) is 0 Å². The topological polar surface area (TPSA) is 145 Å². The van der Waals surface area contributed by atoms with Crippen molar-refractivity contribution in [1.82, 2.24) is 10.2 Å². The quantitative estimate of drug-likeness (QED) is 0.364. The molecule has 0 aromatic heterocycles. The molecule has 1 saturated heterocycles. The molecule has 1 aromatic rings. The lowest BCUT2D eigenvalue weighted by atomic mass is 10.1. The Labute approximate surface area is 127 Å². The molecule has 2 rings (SSSR count). The standard InChI is InChI=1S/C8H12N2.C5H13N3.CH6N2/c9-5-7-2-1-3-8(4-7)6-10;6-5-8-3-1-7-2-4-8;2-1-3/h1-4H,5-6,9-10H2;7H,1-6H2;1-3H2. The lowest BCUT2D eigenvalue weighted by molar-refractivity contribution is 0.247. The minimum atomic E-state index is 0.250. The molecule has 21 heavy (non-hydrogen) atoms. The first-order chi connectivity index (χ1) is 10.2. The van der Waals surface area contributed by atoms with E-state index >= 15 is 0 Å². The third kappa shape index (κ3) is 10.3. The van der Waals surface area contributed by atoms with Gasteiger partial charge in [0.2, 0.25) is 0 Å². The van der Waals surface area contributed by atoms with E-state index in [1.54, 1.807) is 0 Å². The van der Waals surface area contributed by atoms with E-state index in [2.05, 4.69) is 21.7 Å². The predicted molar refractivity (Wildman–Crippen MR) is 89.0 cm³/mol. The third-order valence-corrected chi connectivity index (χ3v) is 2.93. The molecule has 1 aromatic carbocycles. The highest BCUT2D eigenvalue weighted by molar-refractivity contribution is 5.22. The van der Waals surface area contributed by atoms with Crippen LogP contribution in [0.4, 0.5) is 0 Å². The zero-order chi connectivity index (χ0) is 15.9. The molecule has 0 spiro atoms. The summed E-state index contributed by atoms with van der Waals surface area (Å²) in [4.78, 5) is 2.23. The Morgan fingerprint density at radius 2 is 1.38 bits per heavy atom. The summed E-state index contributed by atoms with van der Waals surface area (Å²) in [5.41, 5.74) is 27.8. The fraction of sp³-hybridized carbons (Fsp3) is 0.571. The van der Waals surface area contributed by atoms with Gasteiger partial charge in [0.1, 0.15) is 0 Å². The summed E-state index contributed by atoms with van der Waals surface area (Å²) in [7, 11) is 0. The first-order valence-electron chi connectivity index (χ1n) is 7.23. The highest BCUT2D eigenvalue weighted by Crippen LogP contribution is 2.02. The predicted octanol–water partition coefficient (Wildman–Crippen LogP) is -1.73. The molecule has 122 valence electrons. The summed E-state index contributed by atoms with van der Waals surface area (Å²) < 4.78 is 0. The number of rotatable bonds is 3. The molecule has 7 nitrogen and oxygen atoms in total. The van der Waals surface area contributed by atoms with E-state index in [9.17, 15) is 0 Å². The molecule has 0 radical (unpaired) electrons. The van der Waals surface area contributed by atoms with Crippen LogP contribution in [0, 0.1) is 0 Å². The first-order valence-corrected chi connectivity index (χ1v) is 7.23. The zero-order valence-electron chi connectivity index (χ0n) is 12.8. The van der Waals surface area contributed by atoms with Crippen molar-refractivity contribution >= 4 is 0 Å². The Kier molecular flexibility index (Phi) is 13.2. The van der Waals surface area contributed by atoms with Crippen molar-refractivity contribution in [2.45, 2.75) is 13.1 Å². The van der Waals surface area contributed by atoms with Gasteiger partial charge in [0, 0.05) is 52.6 Å². The van der Waals surface area contributed by atoms with Crippen LogP contribution in [0.15, 0.2) is 24.3 Å². The molecule has 1 fully saturated rings. The molecule has 0 saturated carbocycles. The van der Waals surface area contributed by atoms with Gasteiger partial charge >= 0.3 is 0 Å². The largest absolute Gasteiger partial charge is 0.326 e. The first kappa shape index (κ1) is 19.9. The van der Waals surface area contributed by atoms with E-state index in [4.69, 9.17) is 17.2 Å². The molecular weight excluding hydrogens is 266 g/mol. The molecule has 0 unspecified atom stereocenters. The van der Waals surface area contributed by atoms with Crippen LogP contribution in [0.25, 0.3) is 0 Å². The molecule has 0 amide bonds. The smallest absolute Gasteiger partial charge is 0.0456 e. The van der Waals surface area contributed by atoms with Crippen LogP contribution in [0.2, 0.25) is 0 Å². The Hall–Kier alpha value is -1.06. The van der Waals surface area contributed by atoms with Gasteiger partial charge in [0.25, 0.3) is 0 Å². The Morgan fingerprint density at radius 1 is 0.905 bits per heavy atom. The number of hydrogen-bond acceptors (Lipinski definition) is 7. The second-order valence-electron chi connectivity index (χ2n) is 4.51. The van der Waals surface area contributed by atoms with Crippen molar-refractivity contribution in [1.29, 1.82) is 0 Å². The maximum Gasteiger partial charge on any atom is 0.0456 e. The molecule has 1 heterocycles. The van der Waals surface area contributed by atoms with Gasteiger partial charge in [-0.2, -0.15) is 0 Å². The fourth-order valence-electron chi connectivity index (χ4n) is 1.78. The average Bonchev–Trinajstić information content (AvgIpc) is 2.57. The number of benzene rings is 1. The van der Waals surface area contributed by atoms with Gasteiger partial charge in [0.05, 0.1) is 0 Å². The van der Waals surface area contributed by atoms with Crippen LogP contribution < -0.4 is 34.0 Å².